The van der Waals surface area contributed by atoms with Gasteiger partial charge in [0.05, 0.1) is 12.2 Å². The van der Waals surface area contributed by atoms with E-state index < -0.39 is 0 Å². The minimum atomic E-state index is -0.381. The normalized spacial score (nSPS) is 28.4. The molecule has 0 aromatic heterocycles. The van der Waals surface area contributed by atoms with E-state index in [1.807, 2.05) is 6.08 Å². The van der Waals surface area contributed by atoms with Crippen LogP contribution < -0.4 is 0 Å². The van der Waals surface area contributed by atoms with Gasteiger partial charge in [0.15, 0.2) is 0 Å². The van der Waals surface area contributed by atoms with Gasteiger partial charge in [-0.05, 0) is 83.6 Å². The van der Waals surface area contributed by atoms with Gasteiger partial charge in [-0.1, -0.05) is 56.9 Å². The van der Waals surface area contributed by atoms with Crippen LogP contribution in [0.25, 0.3) is 0 Å². The van der Waals surface area contributed by atoms with Crippen molar-refractivity contribution in [2.24, 2.45) is 23.7 Å². The molecule has 2 rings (SSSR count). The molecule has 180 valence electrons. The molecule has 0 unspecified atom stereocenters. The summed E-state index contributed by atoms with van der Waals surface area (Å²) in [4.78, 5) is 2.43. The molecule has 6 atom stereocenters. The van der Waals surface area contributed by atoms with Gasteiger partial charge in [0.25, 0.3) is 0 Å². The minimum absolute atomic E-state index is 0.199. The third kappa shape index (κ3) is 8.87. The van der Waals surface area contributed by atoms with Crippen LogP contribution in [0.2, 0.25) is 0 Å². The smallest absolute Gasteiger partial charge is 0.0723 e. The highest BCUT2D eigenvalue weighted by Gasteiger charge is 2.43. The zero-order chi connectivity index (χ0) is 23.0. The number of unbranched alkanes of at least 4 members (excludes halogenated alkanes) is 1. The van der Waals surface area contributed by atoms with Gasteiger partial charge in [-0.3, -0.25) is 0 Å². The zero-order valence-electron chi connectivity index (χ0n) is 21.0. The second-order valence-corrected chi connectivity index (χ2v) is 12.3. The number of aliphatic hydroxyl groups excluding tert-OH is 2. The van der Waals surface area contributed by atoms with Crippen LogP contribution in [-0.4, -0.2) is 58.0 Å². The first-order valence-corrected chi connectivity index (χ1v) is 13.8. The molecule has 0 saturated heterocycles. The molecule has 0 spiro atoms. The Morgan fingerprint density at radius 2 is 2.03 bits per heavy atom. The Labute approximate surface area is 196 Å². The van der Waals surface area contributed by atoms with E-state index >= 15 is 0 Å². The monoisotopic (exact) mass is 451 g/mol. The summed E-state index contributed by atoms with van der Waals surface area (Å²) in [6.45, 7) is 12.4. The number of hydrogen-bond acceptors (Lipinski definition) is 4. The predicted molar refractivity (Wildman–Crippen MR) is 137 cm³/mol. The Bertz CT molecular complexity index is 582. The lowest BCUT2D eigenvalue weighted by Crippen LogP contribution is -2.38. The van der Waals surface area contributed by atoms with Gasteiger partial charge in [-0.2, -0.15) is 11.8 Å². The van der Waals surface area contributed by atoms with Gasteiger partial charge in [-0.15, -0.1) is 0 Å². The third-order valence-electron chi connectivity index (χ3n) is 7.41. The Balaban J connectivity index is 1.72. The Morgan fingerprint density at radius 3 is 2.71 bits per heavy atom. The van der Waals surface area contributed by atoms with Crippen LogP contribution in [0.5, 0.6) is 0 Å². The van der Waals surface area contributed by atoms with Crippen molar-refractivity contribution in [1.82, 2.24) is 4.90 Å². The highest BCUT2D eigenvalue weighted by Crippen LogP contribution is 2.47. The van der Waals surface area contributed by atoms with E-state index in [4.69, 9.17) is 0 Å². The predicted octanol–water partition coefficient (Wildman–Crippen LogP) is 5.92. The van der Waals surface area contributed by atoms with Gasteiger partial charge >= 0.3 is 0 Å². The lowest BCUT2D eigenvalue weighted by Gasteiger charge is -2.31. The number of rotatable bonds is 13. The maximum atomic E-state index is 10.6. The van der Waals surface area contributed by atoms with Crippen LogP contribution in [0.3, 0.4) is 0 Å². The first-order chi connectivity index (χ1) is 14.6. The van der Waals surface area contributed by atoms with Gasteiger partial charge in [0.1, 0.15) is 0 Å². The van der Waals surface area contributed by atoms with Crippen molar-refractivity contribution < 1.29 is 10.2 Å². The molecule has 2 aliphatic carbocycles. The Kier molecular flexibility index (Phi) is 11.1. The van der Waals surface area contributed by atoms with Crippen molar-refractivity contribution in [3.63, 3.8) is 0 Å². The standard InChI is InChI=1S/C27H49NO2S/c1-7-8-10-20(2)15-23(29)11-12-24-25-17-21(16-22(25)18-26(24)30)19-31-14-9-13-28(6)27(3,4)5/h11-12,16,20,22-26,29-30H,7-10,13-15,17-19H2,1-6H3/b12-11+/t20-,22-,23+,24+,25-,26+/m0/s1. The van der Waals surface area contributed by atoms with Crippen LogP contribution >= 0.6 is 11.8 Å². The van der Waals surface area contributed by atoms with E-state index in [1.54, 1.807) is 5.57 Å². The van der Waals surface area contributed by atoms with Gasteiger partial charge in [0.2, 0.25) is 0 Å². The number of allylic oxidation sites excluding steroid dienone is 1. The highest BCUT2D eigenvalue weighted by atomic mass is 32.2. The molecule has 4 heteroatoms. The summed E-state index contributed by atoms with van der Waals surface area (Å²) >= 11 is 2.06. The second kappa shape index (κ2) is 12.8. The maximum Gasteiger partial charge on any atom is 0.0723 e. The molecule has 0 aromatic carbocycles. The Morgan fingerprint density at radius 1 is 1.29 bits per heavy atom. The molecule has 31 heavy (non-hydrogen) atoms. The van der Waals surface area contributed by atoms with E-state index in [-0.39, 0.29) is 23.7 Å². The number of fused-ring (bicyclic) bond motifs is 1. The average molecular weight is 452 g/mol. The zero-order valence-corrected chi connectivity index (χ0v) is 21.8. The minimum Gasteiger partial charge on any atom is -0.392 e. The van der Waals surface area contributed by atoms with Crippen molar-refractivity contribution in [3.05, 3.63) is 23.8 Å². The van der Waals surface area contributed by atoms with E-state index in [0.29, 0.717) is 17.8 Å². The van der Waals surface area contributed by atoms with Crippen molar-refractivity contribution in [2.45, 2.75) is 97.3 Å². The lowest BCUT2D eigenvalue weighted by molar-refractivity contribution is 0.139. The number of aliphatic hydroxyl groups is 2. The van der Waals surface area contributed by atoms with Crippen molar-refractivity contribution in [2.75, 3.05) is 25.1 Å². The molecule has 1 saturated carbocycles. The quantitative estimate of drug-likeness (QED) is 0.270. The molecule has 0 amide bonds. The van der Waals surface area contributed by atoms with Crippen LogP contribution in [0.1, 0.15) is 79.6 Å². The summed E-state index contributed by atoms with van der Waals surface area (Å²) in [5.41, 5.74) is 1.82. The fourth-order valence-corrected chi connectivity index (χ4v) is 6.03. The molecule has 0 aliphatic heterocycles. The van der Waals surface area contributed by atoms with E-state index in [2.05, 4.69) is 70.5 Å². The fourth-order valence-electron chi connectivity index (χ4n) is 5.07. The summed E-state index contributed by atoms with van der Waals surface area (Å²) in [5, 5.41) is 21.0. The van der Waals surface area contributed by atoms with Crippen LogP contribution in [0.15, 0.2) is 23.8 Å². The summed E-state index contributed by atoms with van der Waals surface area (Å²) in [6.07, 6.45) is 13.6. The molecule has 3 nitrogen and oxygen atoms in total. The van der Waals surface area contributed by atoms with Crippen molar-refractivity contribution >= 4 is 11.8 Å². The topological polar surface area (TPSA) is 43.7 Å². The van der Waals surface area contributed by atoms with Gasteiger partial charge in [-0.25, -0.2) is 0 Å². The molecule has 0 aromatic rings. The number of thioether (sulfide) groups is 1. The summed E-state index contributed by atoms with van der Waals surface area (Å²) in [5.74, 6) is 4.15. The third-order valence-corrected chi connectivity index (χ3v) is 8.57. The molecular weight excluding hydrogens is 402 g/mol. The highest BCUT2D eigenvalue weighted by molar-refractivity contribution is 7.99. The van der Waals surface area contributed by atoms with Crippen LogP contribution in [-0.2, 0) is 0 Å². The van der Waals surface area contributed by atoms with E-state index in [9.17, 15) is 10.2 Å². The summed E-state index contributed by atoms with van der Waals surface area (Å²) in [6, 6.07) is 0. The lowest BCUT2D eigenvalue weighted by atomic mass is 9.88. The first kappa shape index (κ1) is 27.0. The van der Waals surface area contributed by atoms with Crippen LogP contribution in [0, 0.1) is 23.7 Å². The van der Waals surface area contributed by atoms with Crippen molar-refractivity contribution in [3.8, 4) is 0 Å². The summed E-state index contributed by atoms with van der Waals surface area (Å²) in [7, 11) is 2.22. The number of nitrogens with zero attached hydrogens (tertiary/aromatic N) is 1. The molecule has 0 bridgehead atoms. The van der Waals surface area contributed by atoms with E-state index in [0.717, 1.165) is 31.6 Å². The largest absolute Gasteiger partial charge is 0.392 e. The van der Waals surface area contributed by atoms with Gasteiger partial charge < -0.3 is 15.1 Å². The molecule has 0 heterocycles. The number of hydrogen-bond donors (Lipinski definition) is 2. The van der Waals surface area contributed by atoms with Gasteiger partial charge in [0, 0.05) is 17.2 Å². The summed E-state index contributed by atoms with van der Waals surface area (Å²) < 4.78 is 0. The molecule has 1 fully saturated rings. The molecule has 0 radical (unpaired) electrons. The average Bonchev–Trinajstić information content (AvgIpc) is 3.19. The SMILES string of the molecule is CCCC[C@H](C)C[C@H](O)/C=C/[C@@H]1[C@H]2CC(CSCCCN(C)C(C)(C)C)=C[C@H]2C[C@H]1O. The maximum absolute atomic E-state index is 10.6. The van der Waals surface area contributed by atoms with E-state index in [1.165, 1.54) is 31.4 Å². The second-order valence-electron chi connectivity index (χ2n) is 11.2. The molecule has 2 N–H and O–H groups in total. The molecular formula is C27H49NO2S. The Hall–Kier alpha value is -0.290. The fraction of sp³-hybridized carbons (Fsp3) is 0.852. The molecule has 2 aliphatic rings. The van der Waals surface area contributed by atoms with Crippen LogP contribution in [0.4, 0.5) is 0 Å². The first-order valence-electron chi connectivity index (χ1n) is 12.6. The van der Waals surface area contributed by atoms with Crippen molar-refractivity contribution in [1.29, 1.82) is 0 Å².